The first-order valence-corrected chi connectivity index (χ1v) is 11.1. The second-order valence-electron chi connectivity index (χ2n) is 10.3. The molecule has 1 spiro atoms. The van der Waals surface area contributed by atoms with Crippen LogP contribution in [-0.2, 0) is 9.53 Å². The highest BCUT2D eigenvalue weighted by Gasteiger charge is 2.70. The number of carbonyl (C=O) groups excluding carboxylic acids is 2. The number of benzene rings is 1. The zero-order chi connectivity index (χ0) is 20.4. The van der Waals surface area contributed by atoms with Gasteiger partial charge in [0.15, 0.2) is 0 Å². The second kappa shape index (κ2) is 6.48. The first-order valence-electron chi connectivity index (χ1n) is 11.1. The molecule has 1 heterocycles. The predicted molar refractivity (Wildman–Crippen MR) is 110 cm³/mol. The summed E-state index contributed by atoms with van der Waals surface area (Å²) in [7, 11) is 0. The number of nitrogens with zero attached hydrogens (tertiary/aromatic N) is 1. The Balaban J connectivity index is 1.11. The number of fused-ring (bicyclic) bond motifs is 1. The van der Waals surface area contributed by atoms with E-state index in [1.54, 1.807) is 0 Å². The summed E-state index contributed by atoms with van der Waals surface area (Å²) in [4.78, 5) is 25.9. The van der Waals surface area contributed by atoms with Crippen LogP contribution in [0.3, 0.4) is 0 Å². The van der Waals surface area contributed by atoms with Crippen molar-refractivity contribution in [3.63, 3.8) is 0 Å². The molecule has 4 fully saturated rings. The molecule has 1 aromatic carbocycles. The number of nitrogens with two attached hydrogens (primary N) is 1. The number of piperidine rings is 1. The van der Waals surface area contributed by atoms with E-state index in [0.717, 1.165) is 38.8 Å². The van der Waals surface area contributed by atoms with E-state index in [9.17, 15) is 9.59 Å². The van der Waals surface area contributed by atoms with Crippen LogP contribution in [0.4, 0.5) is 4.79 Å². The Morgan fingerprint density at radius 2 is 1.86 bits per heavy atom. The lowest BCUT2D eigenvalue weighted by molar-refractivity contribution is -0.144. The lowest BCUT2D eigenvalue weighted by atomic mass is 9.55. The fourth-order valence-electron chi connectivity index (χ4n) is 6.57. The number of rotatable bonds is 4. The number of ether oxygens (including phenoxy) is 1. The molecule has 0 aromatic heterocycles. The third-order valence-corrected chi connectivity index (χ3v) is 8.77. The third-order valence-electron chi connectivity index (χ3n) is 8.77. The number of likely N-dealkylation sites (tertiary alicyclic amines) is 1. The van der Waals surface area contributed by atoms with Gasteiger partial charge in [-0.25, -0.2) is 4.79 Å². The standard InChI is InChI=1S/C24H32N2O3/c1-15-4-3-5-18(16(15)2)17-10-23(11-17)6-8-26(9-7-23)21(27)19-12-24(13-20(19)24)14-29-22(25)28/h3-5,17,19-20H,6-14H2,1-2H3,(H2,25,28)/t19-,20?,24-/m1/s1. The summed E-state index contributed by atoms with van der Waals surface area (Å²) < 4.78 is 4.99. The highest BCUT2D eigenvalue weighted by Crippen LogP contribution is 2.71. The maximum absolute atomic E-state index is 13.0. The average molecular weight is 397 g/mol. The monoisotopic (exact) mass is 396 g/mol. The summed E-state index contributed by atoms with van der Waals surface area (Å²) in [6.45, 7) is 6.66. The van der Waals surface area contributed by atoms with E-state index >= 15 is 0 Å². The Labute approximate surface area is 173 Å². The fraction of sp³-hybridized carbons (Fsp3) is 0.667. The molecule has 0 bridgehead atoms. The molecule has 2 N–H and O–H groups in total. The summed E-state index contributed by atoms with van der Waals surface area (Å²) in [6, 6.07) is 6.69. The Morgan fingerprint density at radius 1 is 1.14 bits per heavy atom. The van der Waals surface area contributed by atoms with E-state index < -0.39 is 6.09 Å². The van der Waals surface area contributed by atoms with Gasteiger partial charge in [-0.3, -0.25) is 4.79 Å². The molecular weight excluding hydrogens is 364 g/mol. The molecule has 29 heavy (non-hydrogen) atoms. The highest BCUT2D eigenvalue weighted by atomic mass is 16.5. The first kappa shape index (κ1) is 19.0. The van der Waals surface area contributed by atoms with Crippen molar-refractivity contribution < 1.29 is 14.3 Å². The molecule has 5 heteroatoms. The normalized spacial score (nSPS) is 32.1. The molecule has 4 aliphatic rings. The number of carbonyl (C=O) groups is 2. The maximum atomic E-state index is 13.0. The number of primary amides is 1. The quantitative estimate of drug-likeness (QED) is 0.839. The van der Waals surface area contributed by atoms with Crippen LogP contribution < -0.4 is 5.73 Å². The second-order valence-corrected chi connectivity index (χ2v) is 10.3. The zero-order valence-electron chi connectivity index (χ0n) is 17.6. The van der Waals surface area contributed by atoms with Crippen LogP contribution in [0.15, 0.2) is 18.2 Å². The smallest absolute Gasteiger partial charge is 0.404 e. The van der Waals surface area contributed by atoms with Crippen LogP contribution in [0.25, 0.3) is 0 Å². The molecule has 1 aromatic rings. The molecule has 1 saturated heterocycles. The molecule has 0 radical (unpaired) electrons. The van der Waals surface area contributed by atoms with Gasteiger partial charge in [-0.1, -0.05) is 18.2 Å². The Bertz CT molecular complexity index is 850. The number of amides is 2. The van der Waals surface area contributed by atoms with E-state index in [1.807, 2.05) is 0 Å². The van der Waals surface area contributed by atoms with E-state index in [4.69, 9.17) is 10.5 Å². The third kappa shape index (κ3) is 3.04. The lowest BCUT2D eigenvalue weighted by Crippen LogP contribution is -2.51. The SMILES string of the molecule is Cc1cccc(C2CC3(CCN(C(=O)[C@@H]4C[C@]5(COC(N)=O)CC45)CC3)C2)c1C. The molecular formula is C24H32N2O3. The van der Waals surface area contributed by atoms with Crippen LogP contribution in [0.1, 0.15) is 61.1 Å². The molecule has 156 valence electrons. The van der Waals surface area contributed by atoms with Gasteiger partial charge in [0, 0.05) is 24.4 Å². The summed E-state index contributed by atoms with van der Waals surface area (Å²) in [5.74, 6) is 1.58. The van der Waals surface area contributed by atoms with Gasteiger partial charge in [-0.05, 0) is 86.3 Å². The van der Waals surface area contributed by atoms with Crippen LogP contribution in [-0.4, -0.2) is 36.6 Å². The average Bonchev–Trinajstić information content (AvgIpc) is 3.24. The van der Waals surface area contributed by atoms with E-state index in [2.05, 4.69) is 36.9 Å². The first-order chi connectivity index (χ1) is 13.8. The van der Waals surface area contributed by atoms with Crippen molar-refractivity contribution in [1.82, 2.24) is 4.90 Å². The predicted octanol–water partition coefficient (Wildman–Crippen LogP) is 3.91. The van der Waals surface area contributed by atoms with Crippen molar-refractivity contribution in [2.45, 2.75) is 58.3 Å². The maximum Gasteiger partial charge on any atom is 0.404 e. The van der Waals surface area contributed by atoms with Gasteiger partial charge in [0.05, 0.1) is 6.61 Å². The minimum atomic E-state index is -0.708. The van der Waals surface area contributed by atoms with E-state index in [-0.39, 0.29) is 11.3 Å². The van der Waals surface area contributed by atoms with E-state index in [1.165, 1.54) is 29.5 Å². The van der Waals surface area contributed by atoms with E-state index in [0.29, 0.717) is 29.8 Å². The summed E-state index contributed by atoms with van der Waals surface area (Å²) >= 11 is 0. The number of hydrogen-bond acceptors (Lipinski definition) is 3. The molecule has 2 amide bonds. The van der Waals surface area contributed by atoms with Crippen LogP contribution >= 0.6 is 0 Å². The van der Waals surface area contributed by atoms with Crippen LogP contribution in [0.5, 0.6) is 0 Å². The molecule has 1 aliphatic heterocycles. The molecule has 3 atom stereocenters. The lowest BCUT2D eigenvalue weighted by Gasteiger charge is -2.53. The zero-order valence-corrected chi connectivity index (χ0v) is 17.6. The largest absolute Gasteiger partial charge is 0.449 e. The van der Waals surface area contributed by atoms with Gasteiger partial charge in [0.25, 0.3) is 0 Å². The van der Waals surface area contributed by atoms with Crippen LogP contribution in [0, 0.1) is 36.5 Å². The summed E-state index contributed by atoms with van der Waals surface area (Å²) in [5, 5.41) is 0. The Morgan fingerprint density at radius 3 is 2.52 bits per heavy atom. The minimum absolute atomic E-state index is 0.0687. The molecule has 5 nitrogen and oxygen atoms in total. The van der Waals surface area contributed by atoms with Gasteiger partial charge in [-0.15, -0.1) is 0 Å². The molecule has 3 aliphatic carbocycles. The van der Waals surface area contributed by atoms with Gasteiger partial charge in [0.2, 0.25) is 5.91 Å². The molecule has 1 unspecified atom stereocenters. The van der Waals surface area contributed by atoms with Gasteiger partial charge in [-0.2, -0.15) is 0 Å². The topological polar surface area (TPSA) is 72.6 Å². The van der Waals surface area contributed by atoms with Crippen molar-refractivity contribution in [2.24, 2.45) is 28.4 Å². The number of aryl methyl sites for hydroxylation is 1. The van der Waals surface area contributed by atoms with Gasteiger partial charge in [0.1, 0.15) is 0 Å². The minimum Gasteiger partial charge on any atom is -0.449 e. The van der Waals surface area contributed by atoms with Crippen molar-refractivity contribution >= 4 is 12.0 Å². The van der Waals surface area contributed by atoms with Crippen molar-refractivity contribution in [1.29, 1.82) is 0 Å². The fourth-order valence-corrected chi connectivity index (χ4v) is 6.57. The van der Waals surface area contributed by atoms with Crippen LogP contribution in [0.2, 0.25) is 0 Å². The highest BCUT2D eigenvalue weighted by molar-refractivity contribution is 5.81. The van der Waals surface area contributed by atoms with Crippen molar-refractivity contribution in [3.05, 3.63) is 34.9 Å². The Kier molecular flexibility index (Phi) is 4.24. The molecule has 5 rings (SSSR count). The van der Waals surface area contributed by atoms with Gasteiger partial charge >= 0.3 is 6.09 Å². The number of hydrogen-bond donors (Lipinski definition) is 1. The Hall–Kier alpha value is -2.04. The summed E-state index contributed by atoms with van der Waals surface area (Å²) in [6.07, 6.45) is 6.01. The van der Waals surface area contributed by atoms with Crippen molar-refractivity contribution in [3.8, 4) is 0 Å². The summed E-state index contributed by atoms with van der Waals surface area (Å²) in [5.41, 5.74) is 9.98. The van der Waals surface area contributed by atoms with Gasteiger partial charge < -0.3 is 15.4 Å². The molecule has 3 saturated carbocycles. The van der Waals surface area contributed by atoms with Crippen molar-refractivity contribution in [2.75, 3.05) is 19.7 Å².